The summed E-state index contributed by atoms with van der Waals surface area (Å²) in [7, 11) is 0. The normalized spacial score (nSPS) is 16.1. The molecule has 2 N–H and O–H groups in total. The van der Waals surface area contributed by atoms with Gasteiger partial charge in [0.05, 0.1) is 17.9 Å². The van der Waals surface area contributed by atoms with E-state index in [0.717, 1.165) is 42.0 Å². The van der Waals surface area contributed by atoms with Crippen LogP contribution in [-0.4, -0.2) is 53.4 Å². The van der Waals surface area contributed by atoms with Gasteiger partial charge in [-0.3, -0.25) is 0 Å². The Balaban J connectivity index is 1.62. The Morgan fingerprint density at radius 2 is 1.90 bits per heavy atom. The zero-order valence-corrected chi connectivity index (χ0v) is 19.1. The second-order valence-electron chi connectivity index (χ2n) is 8.33. The molecule has 1 aromatic carbocycles. The number of rotatable bonds is 8. The van der Waals surface area contributed by atoms with Crippen molar-refractivity contribution in [3.8, 4) is 5.69 Å². The first-order valence-corrected chi connectivity index (χ1v) is 11.5. The number of nitrogens with one attached hydrogen (secondary N) is 2. The maximum absolute atomic E-state index is 4.88. The van der Waals surface area contributed by atoms with Crippen LogP contribution in [0.3, 0.4) is 0 Å². The topological polar surface area (TPSA) is 57.5 Å². The molecule has 0 atom stereocenters. The third kappa shape index (κ3) is 6.08. The Bertz CT molecular complexity index is 817. The summed E-state index contributed by atoms with van der Waals surface area (Å²) in [5.74, 6) is 1.63. The Hall–Kier alpha value is -2.34. The second-order valence-corrected chi connectivity index (χ2v) is 8.33. The minimum atomic E-state index is 0.624. The summed E-state index contributed by atoms with van der Waals surface area (Å²) in [5, 5.41) is 11.6. The van der Waals surface area contributed by atoms with Crippen LogP contribution in [0.15, 0.2) is 35.3 Å². The van der Waals surface area contributed by atoms with Gasteiger partial charge in [-0.05, 0) is 83.3 Å². The molecular formula is C24H38N6. The van der Waals surface area contributed by atoms with Gasteiger partial charge < -0.3 is 15.5 Å². The molecule has 6 heteroatoms. The zero-order valence-electron chi connectivity index (χ0n) is 19.1. The number of aliphatic imine (C=N–C) groups is 1. The van der Waals surface area contributed by atoms with Crippen LogP contribution in [0.25, 0.3) is 5.69 Å². The van der Waals surface area contributed by atoms with Gasteiger partial charge in [0.1, 0.15) is 0 Å². The number of guanidine groups is 1. The lowest BCUT2D eigenvalue weighted by Crippen LogP contribution is -2.43. The molecule has 1 aromatic heterocycles. The van der Waals surface area contributed by atoms with Crippen molar-refractivity contribution >= 4 is 5.96 Å². The zero-order chi connectivity index (χ0) is 21.3. The Kier molecular flexibility index (Phi) is 8.31. The van der Waals surface area contributed by atoms with Crippen LogP contribution in [0.2, 0.25) is 0 Å². The smallest absolute Gasteiger partial charge is 0.191 e. The third-order valence-corrected chi connectivity index (χ3v) is 5.79. The van der Waals surface area contributed by atoms with Crippen molar-refractivity contribution in [2.24, 2.45) is 10.9 Å². The molecule has 1 saturated heterocycles. The summed E-state index contributed by atoms with van der Waals surface area (Å²) in [4.78, 5) is 7.47. The Morgan fingerprint density at radius 3 is 2.57 bits per heavy atom. The number of nitrogens with zero attached hydrogens (tertiary/aromatic N) is 4. The lowest BCUT2D eigenvalue weighted by molar-refractivity contribution is 0.185. The molecule has 164 valence electrons. The van der Waals surface area contributed by atoms with Crippen LogP contribution >= 0.6 is 0 Å². The quantitative estimate of drug-likeness (QED) is 0.515. The lowest BCUT2D eigenvalue weighted by atomic mass is 9.97. The molecule has 0 bridgehead atoms. The van der Waals surface area contributed by atoms with Crippen LogP contribution in [0.4, 0.5) is 0 Å². The van der Waals surface area contributed by atoms with Crippen molar-refractivity contribution < 1.29 is 0 Å². The largest absolute Gasteiger partial charge is 0.357 e. The first-order chi connectivity index (χ1) is 14.6. The minimum absolute atomic E-state index is 0.624. The summed E-state index contributed by atoms with van der Waals surface area (Å²) in [6.45, 7) is 14.7. The van der Waals surface area contributed by atoms with E-state index in [1.807, 2.05) is 11.6 Å². The molecule has 3 rings (SSSR count). The molecule has 0 aliphatic carbocycles. The summed E-state index contributed by atoms with van der Waals surface area (Å²) >= 11 is 0. The number of piperidine rings is 1. The fourth-order valence-electron chi connectivity index (χ4n) is 4.20. The van der Waals surface area contributed by atoms with Gasteiger partial charge in [0.25, 0.3) is 0 Å². The number of aromatic nitrogens is 2. The van der Waals surface area contributed by atoms with Crippen molar-refractivity contribution in [2.75, 3.05) is 32.7 Å². The van der Waals surface area contributed by atoms with Gasteiger partial charge in [-0.1, -0.05) is 25.1 Å². The maximum Gasteiger partial charge on any atom is 0.191 e. The van der Waals surface area contributed by atoms with E-state index in [1.54, 1.807) is 0 Å². The minimum Gasteiger partial charge on any atom is -0.357 e. The van der Waals surface area contributed by atoms with E-state index in [4.69, 9.17) is 4.99 Å². The first-order valence-electron chi connectivity index (χ1n) is 11.5. The molecule has 0 unspecified atom stereocenters. The molecule has 1 fully saturated rings. The van der Waals surface area contributed by atoms with E-state index >= 15 is 0 Å². The van der Waals surface area contributed by atoms with E-state index in [9.17, 15) is 0 Å². The molecule has 1 aliphatic rings. The van der Waals surface area contributed by atoms with Crippen LogP contribution in [-0.2, 0) is 6.54 Å². The van der Waals surface area contributed by atoms with E-state index in [2.05, 4.69) is 71.7 Å². The van der Waals surface area contributed by atoms with Crippen molar-refractivity contribution in [2.45, 2.75) is 53.5 Å². The second kappa shape index (κ2) is 11.2. The summed E-state index contributed by atoms with van der Waals surface area (Å²) in [6.07, 6.45) is 3.79. The highest BCUT2D eigenvalue weighted by Gasteiger charge is 2.18. The van der Waals surface area contributed by atoms with Crippen molar-refractivity contribution in [3.63, 3.8) is 0 Å². The predicted molar refractivity (Wildman–Crippen MR) is 125 cm³/mol. The molecule has 0 spiro atoms. The number of hydrogen-bond acceptors (Lipinski definition) is 3. The molecule has 2 heterocycles. The van der Waals surface area contributed by atoms with Gasteiger partial charge in [-0.25, -0.2) is 9.67 Å². The number of aryl methyl sites for hydroxylation is 2. The molecule has 30 heavy (non-hydrogen) atoms. The van der Waals surface area contributed by atoms with Gasteiger partial charge in [-0.15, -0.1) is 0 Å². The SMILES string of the molecule is CCCN1CCC(CNC(=NCc2ccccc2-n2nc(C)cc2C)NCC)CC1. The van der Waals surface area contributed by atoms with Crippen LogP contribution in [0, 0.1) is 19.8 Å². The lowest BCUT2D eigenvalue weighted by Gasteiger charge is -2.32. The summed E-state index contributed by atoms with van der Waals surface area (Å²) in [5.41, 5.74) is 4.45. The van der Waals surface area contributed by atoms with Crippen molar-refractivity contribution in [3.05, 3.63) is 47.3 Å². The monoisotopic (exact) mass is 410 g/mol. The van der Waals surface area contributed by atoms with Gasteiger partial charge in [0.15, 0.2) is 5.96 Å². The summed E-state index contributed by atoms with van der Waals surface area (Å²) < 4.78 is 2.02. The fourth-order valence-corrected chi connectivity index (χ4v) is 4.20. The molecule has 0 amide bonds. The molecule has 0 saturated carbocycles. The van der Waals surface area contributed by atoms with E-state index in [0.29, 0.717) is 6.54 Å². The van der Waals surface area contributed by atoms with E-state index < -0.39 is 0 Å². The van der Waals surface area contributed by atoms with E-state index in [1.165, 1.54) is 44.5 Å². The number of hydrogen-bond donors (Lipinski definition) is 2. The number of likely N-dealkylation sites (tertiary alicyclic amines) is 1. The highest BCUT2D eigenvalue weighted by atomic mass is 15.3. The van der Waals surface area contributed by atoms with Crippen LogP contribution in [0.5, 0.6) is 0 Å². The highest BCUT2D eigenvalue weighted by molar-refractivity contribution is 5.79. The van der Waals surface area contributed by atoms with E-state index in [-0.39, 0.29) is 0 Å². The molecule has 6 nitrogen and oxygen atoms in total. The Labute approximate surface area is 181 Å². The fraction of sp³-hybridized carbons (Fsp3) is 0.583. The van der Waals surface area contributed by atoms with Gasteiger partial charge in [0, 0.05) is 18.8 Å². The standard InChI is InChI=1S/C24H38N6/c1-5-13-29-14-11-21(12-15-29)17-26-24(25-6-2)27-18-22-9-7-8-10-23(22)30-20(4)16-19(3)28-30/h7-10,16,21H,5-6,11-15,17-18H2,1-4H3,(H2,25,26,27). The van der Waals surface area contributed by atoms with Crippen molar-refractivity contribution in [1.29, 1.82) is 0 Å². The first kappa shape index (κ1) is 22.3. The van der Waals surface area contributed by atoms with Crippen LogP contribution < -0.4 is 10.6 Å². The van der Waals surface area contributed by atoms with Gasteiger partial charge in [0.2, 0.25) is 0 Å². The van der Waals surface area contributed by atoms with Crippen molar-refractivity contribution in [1.82, 2.24) is 25.3 Å². The maximum atomic E-state index is 4.88. The number of para-hydroxylation sites is 1. The average molecular weight is 411 g/mol. The molecule has 0 radical (unpaired) electrons. The third-order valence-electron chi connectivity index (χ3n) is 5.79. The van der Waals surface area contributed by atoms with Gasteiger partial charge in [-0.2, -0.15) is 5.10 Å². The molecule has 1 aliphatic heterocycles. The predicted octanol–water partition coefficient (Wildman–Crippen LogP) is 3.67. The number of benzene rings is 1. The summed E-state index contributed by atoms with van der Waals surface area (Å²) in [6, 6.07) is 10.5. The van der Waals surface area contributed by atoms with Gasteiger partial charge >= 0.3 is 0 Å². The highest BCUT2D eigenvalue weighted by Crippen LogP contribution is 2.18. The Morgan fingerprint density at radius 1 is 1.13 bits per heavy atom. The van der Waals surface area contributed by atoms with Crippen LogP contribution in [0.1, 0.15) is 50.1 Å². The average Bonchev–Trinajstić information content (AvgIpc) is 3.09. The molecular weight excluding hydrogens is 372 g/mol. The molecule has 2 aromatic rings.